The number of anilines is 1. The number of thioether (sulfide) groups is 1. The van der Waals surface area contributed by atoms with E-state index in [9.17, 15) is 4.79 Å². The first-order valence-electron chi connectivity index (χ1n) is 9.52. The Kier molecular flexibility index (Phi) is 4.97. The molecule has 0 bridgehead atoms. The number of amides is 1. The number of benzene rings is 2. The number of carbonyl (C=O) groups excluding carboxylic acids is 1. The molecule has 3 heterocycles. The summed E-state index contributed by atoms with van der Waals surface area (Å²) in [4.78, 5) is 31.8. The van der Waals surface area contributed by atoms with E-state index in [0.717, 1.165) is 22.3 Å². The molecule has 1 N–H and O–H groups in total. The van der Waals surface area contributed by atoms with E-state index in [1.807, 2.05) is 54.6 Å². The van der Waals surface area contributed by atoms with Gasteiger partial charge in [-0.05, 0) is 59.8 Å². The van der Waals surface area contributed by atoms with E-state index in [4.69, 9.17) is 4.74 Å². The van der Waals surface area contributed by atoms with Crippen molar-refractivity contribution in [1.29, 1.82) is 0 Å². The molecular weight excluding hydrogens is 410 g/mol. The lowest BCUT2D eigenvalue weighted by atomic mass is 10.2. The SMILES string of the molecule is COc1ccc(/N=C2\S/C(=C\c3ccc4[nH]cnc4c3)C(=O)N2c2ccccc2)nc1. The van der Waals surface area contributed by atoms with Crippen molar-refractivity contribution in [3.63, 3.8) is 0 Å². The smallest absolute Gasteiger partial charge is 0.271 e. The number of nitrogens with one attached hydrogen (secondary N) is 1. The van der Waals surface area contributed by atoms with Gasteiger partial charge in [-0.2, -0.15) is 0 Å². The number of aliphatic imine (C=N–C) groups is 1. The molecule has 1 amide bonds. The highest BCUT2D eigenvalue weighted by Crippen LogP contribution is 2.37. The van der Waals surface area contributed by atoms with Gasteiger partial charge in [-0.15, -0.1) is 0 Å². The molecule has 8 heteroatoms. The first kappa shape index (κ1) is 19.1. The van der Waals surface area contributed by atoms with Crippen molar-refractivity contribution in [3.8, 4) is 5.75 Å². The zero-order valence-electron chi connectivity index (χ0n) is 16.5. The van der Waals surface area contributed by atoms with Crippen molar-refractivity contribution >= 4 is 51.5 Å². The number of nitrogens with zero attached hydrogens (tertiary/aromatic N) is 4. The van der Waals surface area contributed by atoms with Crippen LogP contribution >= 0.6 is 11.8 Å². The summed E-state index contributed by atoms with van der Waals surface area (Å²) >= 11 is 1.32. The molecule has 1 aliphatic rings. The van der Waals surface area contributed by atoms with Crippen LogP contribution in [-0.2, 0) is 4.79 Å². The molecule has 0 aliphatic carbocycles. The fraction of sp³-hybridized carbons (Fsp3) is 0.0435. The lowest BCUT2D eigenvalue weighted by Gasteiger charge is -2.15. The van der Waals surface area contributed by atoms with Crippen molar-refractivity contribution in [2.24, 2.45) is 4.99 Å². The Morgan fingerprint density at radius 1 is 1.10 bits per heavy atom. The molecular formula is C23H17N5O2S. The Balaban J connectivity index is 1.55. The zero-order valence-corrected chi connectivity index (χ0v) is 17.3. The molecule has 1 fully saturated rings. The van der Waals surface area contributed by atoms with Crippen LogP contribution in [0.4, 0.5) is 11.5 Å². The molecule has 2 aromatic heterocycles. The van der Waals surface area contributed by atoms with Crippen LogP contribution in [-0.4, -0.2) is 33.1 Å². The van der Waals surface area contributed by atoms with Gasteiger partial charge in [0.2, 0.25) is 0 Å². The highest BCUT2D eigenvalue weighted by atomic mass is 32.2. The minimum absolute atomic E-state index is 0.134. The number of methoxy groups -OCH3 is 1. The van der Waals surface area contributed by atoms with Gasteiger partial charge in [0.05, 0.1) is 41.3 Å². The Morgan fingerprint density at radius 3 is 2.74 bits per heavy atom. The van der Waals surface area contributed by atoms with Gasteiger partial charge in [0, 0.05) is 0 Å². The molecule has 1 aliphatic heterocycles. The minimum atomic E-state index is -0.134. The maximum atomic E-state index is 13.3. The first-order chi connectivity index (χ1) is 15.2. The topological polar surface area (TPSA) is 83.5 Å². The highest BCUT2D eigenvalue weighted by Gasteiger charge is 2.34. The number of rotatable bonds is 4. The lowest BCUT2D eigenvalue weighted by molar-refractivity contribution is -0.113. The second-order valence-corrected chi connectivity index (χ2v) is 7.73. The second-order valence-electron chi connectivity index (χ2n) is 6.72. The first-order valence-corrected chi connectivity index (χ1v) is 10.3. The summed E-state index contributed by atoms with van der Waals surface area (Å²) in [6.45, 7) is 0. The van der Waals surface area contributed by atoms with E-state index >= 15 is 0 Å². The number of para-hydroxylation sites is 1. The number of imidazole rings is 1. The van der Waals surface area contributed by atoms with Gasteiger partial charge < -0.3 is 9.72 Å². The van der Waals surface area contributed by atoms with Crippen molar-refractivity contribution < 1.29 is 9.53 Å². The summed E-state index contributed by atoms with van der Waals surface area (Å²) < 4.78 is 5.16. The Morgan fingerprint density at radius 2 is 1.97 bits per heavy atom. The number of fused-ring (bicyclic) bond motifs is 1. The normalized spacial score (nSPS) is 16.5. The van der Waals surface area contributed by atoms with Crippen LogP contribution in [0.15, 0.2) is 83.1 Å². The fourth-order valence-electron chi connectivity index (χ4n) is 3.20. The Hall–Kier alpha value is -3.91. The number of aromatic nitrogens is 3. The van der Waals surface area contributed by atoms with Crippen LogP contribution in [0.2, 0.25) is 0 Å². The van der Waals surface area contributed by atoms with Gasteiger partial charge in [-0.25, -0.2) is 15.0 Å². The largest absolute Gasteiger partial charge is 0.495 e. The molecule has 0 saturated carbocycles. The van der Waals surface area contributed by atoms with E-state index in [-0.39, 0.29) is 5.91 Å². The summed E-state index contributed by atoms with van der Waals surface area (Å²) in [7, 11) is 1.59. The molecule has 0 spiro atoms. The third kappa shape index (κ3) is 3.80. The van der Waals surface area contributed by atoms with Gasteiger partial charge in [-0.3, -0.25) is 9.69 Å². The summed E-state index contributed by atoms with van der Waals surface area (Å²) in [6.07, 6.45) is 5.12. The van der Waals surface area contributed by atoms with Crippen LogP contribution in [0, 0.1) is 0 Å². The molecule has 0 unspecified atom stereocenters. The van der Waals surface area contributed by atoms with Crippen LogP contribution < -0.4 is 9.64 Å². The van der Waals surface area contributed by atoms with E-state index < -0.39 is 0 Å². The molecule has 0 atom stereocenters. The van der Waals surface area contributed by atoms with Gasteiger partial charge in [0.15, 0.2) is 11.0 Å². The number of hydrogen-bond acceptors (Lipinski definition) is 6. The molecule has 31 heavy (non-hydrogen) atoms. The van der Waals surface area contributed by atoms with E-state index in [0.29, 0.717) is 21.6 Å². The second kappa shape index (κ2) is 8.08. The fourth-order valence-corrected chi connectivity index (χ4v) is 4.19. The van der Waals surface area contributed by atoms with Crippen LogP contribution in [0.5, 0.6) is 5.75 Å². The number of aromatic amines is 1. The summed E-state index contributed by atoms with van der Waals surface area (Å²) in [6, 6.07) is 18.9. The molecule has 4 aromatic rings. The van der Waals surface area contributed by atoms with Crippen LogP contribution in [0.25, 0.3) is 17.1 Å². The lowest BCUT2D eigenvalue weighted by Crippen LogP contribution is -2.28. The Labute approximate surface area is 182 Å². The Bertz CT molecular complexity index is 1310. The maximum absolute atomic E-state index is 13.3. The van der Waals surface area contributed by atoms with Crippen LogP contribution in [0.3, 0.4) is 0 Å². The third-order valence-corrected chi connectivity index (χ3v) is 5.70. The van der Waals surface area contributed by atoms with Gasteiger partial charge in [0.1, 0.15) is 5.75 Å². The molecule has 2 aromatic carbocycles. The van der Waals surface area contributed by atoms with Gasteiger partial charge in [-0.1, -0.05) is 24.3 Å². The van der Waals surface area contributed by atoms with Crippen LogP contribution in [0.1, 0.15) is 5.56 Å². The van der Waals surface area contributed by atoms with Crippen molar-refractivity contribution in [3.05, 3.63) is 83.7 Å². The average Bonchev–Trinajstić information content (AvgIpc) is 3.39. The highest BCUT2D eigenvalue weighted by molar-refractivity contribution is 8.19. The maximum Gasteiger partial charge on any atom is 0.271 e. The molecule has 7 nitrogen and oxygen atoms in total. The van der Waals surface area contributed by atoms with E-state index in [1.165, 1.54) is 11.8 Å². The quantitative estimate of drug-likeness (QED) is 0.474. The standard InChI is InChI=1S/C23H17N5O2S/c1-30-17-8-10-21(24-13-17)27-23-28(16-5-3-2-4-6-16)22(29)20(31-23)12-15-7-9-18-19(11-15)26-14-25-18/h2-14H,1H3,(H,25,26)/b20-12-,27-23-. The molecule has 1 saturated heterocycles. The van der Waals surface area contributed by atoms with Gasteiger partial charge >= 0.3 is 0 Å². The zero-order chi connectivity index (χ0) is 21.2. The summed E-state index contributed by atoms with van der Waals surface area (Å²) in [5.74, 6) is 1.01. The van der Waals surface area contributed by atoms with Gasteiger partial charge in [0.25, 0.3) is 5.91 Å². The number of hydrogen-bond donors (Lipinski definition) is 1. The number of ether oxygens (including phenoxy) is 1. The number of H-pyrrole nitrogens is 1. The van der Waals surface area contributed by atoms with Crippen molar-refractivity contribution in [2.75, 3.05) is 12.0 Å². The summed E-state index contributed by atoms with van der Waals surface area (Å²) in [5.41, 5.74) is 3.44. The number of amidine groups is 1. The third-order valence-electron chi connectivity index (χ3n) is 4.73. The number of carbonyl (C=O) groups is 1. The van der Waals surface area contributed by atoms with E-state index in [2.05, 4.69) is 19.9 Å². The predicted octanol–water partition coefficient (Wildman–Crippen LogP) is 4.78. The molecule has 0 radical (unpaired) electrons. The van der Waals surface area contributed by atoms with Crippen molar-refractivity contribution in [1.82, 2.24) is 15.0 Å². The number of pyridine rings is 1. The molecule has 5 rings (SSSR count). The minimum Gasteiger partial charge on any atom is -0.495 e. The predicted molar refractivity (Wildman–Crippen MR) is 123 cm³/mol. The molecule has 152 valence electrons. The summed E-state index contributed by atoms with van der Waals surface area (Å²) in [5, 5.41) is 0.543. The van der Waals surface area contributed by atoms with Crippen molar-refractivity contribution in [2.45, 2.75) is 0 Å². The average molecular weight is 427 g/mol. The monoisotopic (exact) mass is 427 g/mol. The van der Waals surface area contributed by atoms with E-state index in [1.54, 1.807) is 36.7 Å².